The normalized spacial score (nSPS) is 10.4. The van der Waals surface area contributed by atoms with Crippen LogP contribution in [0.1, 0.15) is 10.4 Å². The van der Waals surface area contributed by atoms with Crippen LogP contribution in [0, 0.1) is 5.82 Å². The van der Waals surface area contributed by atoms with Crippen molar-refractivity contribution in [2.45, 2.75) is 6.54 Å². The Hall–Kier alpha value is -2.50. The molecular weight excluding hydrogens is 251 g/mol. The number of halogens is 1. The lowest BCUT2D eigenvalue weighted by molar-refractivity contribution is 0.0970. The molecule has 0 amide bonds. The number of hydrogen-bond acceptors (Lipinski definition) is 3. The third-order valence-electron chi connectivity index (χ3n) is 2.71. The van der Waals surface area contributed by atoms with Crippen LogP contribution in [0.3, 0.4) is 0 Å². The summed E-state index contributed by atoms with van der Waals surface area (Å²) in [5.41, 5.74) is -1.18. The molecule has 0 bridgehead atoms. The lowest BCUT2D eigenvalue weighted by atomic mass is 10.1. The summed E-state index contributed by atoms with van der Waals surface area (Å²) in [6, 6.07) is 5.01. The van der Waals surface area contributed by atoms with Crippen LogP contribution >= 0.6 is 0 Å². The molecule has 6 heteroatoms. The summed E-state index contributed by atoms with van der Waals surface area (Å²) >= 11 is 0. The van der Waals surface area contributed by atoms with Gasteiger partial charge in [-0.05, 0) is 24.3 Å². The monoisotopic (exact) mass is 262 g/mol. The standard InChI is InChI=1S/C13H11FN2O3/c1-15-6-7-16(13(19)12(15)18)8-11(17)9-2-4-10(14)5-3-9/h2-7H,8H2,1H3. The number of Topliss-reactive ketones (excluding diaryl/α,β-unsaturated/α-hetero) is 1. The van der Waals surface area contributed by atoms with Gasteiger partial charge < -0.3 is 9.13 Å². The van der Waals surface area contributed by atoms with Crippen molar-refractivity contribution in [3.05, 3.63) is 68.7 Å². The highest BCUT2D eigenvalue weighted by atomic mass is 19.1. The van der Waals surface area contributed by atoms with Crippen LogP contribution in [0.15, 0.2) is 46.2 Å². The van der Waals surface area contributed by atoms with Crippen molar-refractivity contribution in [3.63, 3.8) is 0 Å². The molecule has 0 spiro atoms. The lowest BCUT2D eigenvalue weighted by Gasteiger charge is -2.05. The molecule has 1 aromatic carbocycles. The molecule has 0 N–H and O–H groups in total. The Morgan fingerprint density at radius 2 is 1.74 bits per heavy atom. The highest BCUT2D eigenvalue weighted by Crippen LogP contribution is 2.04. The van der Waals surface area contributed by atoms with Crippen LogP contribution in [0.5, 0.6) is 0 Å². The topological polar surface area (TPSA) is 61.1 Å². The molecule has 0 aliphatic rings. The molecule has 0 atom stereocenters. The minimum atomic E-state index is -0.763. The molecule has 0 radical (unpaired) electrons. The third-order valence-corrected chi connectivity index (χ3v) is 2.71. The van der Waals surface area contributed by atoms with Crippen molar-refractivity contribution in [3.8, 4) is 0 Å². The molecule has 0 unspecified atom stereocenters. The number of benzene rings is 1. The average Bonchev–Trinajstić information content (AvgIpc) is 2.40. The van der Waals surface area contributed by atoms with Crippen molar-refractivity contribution >= 4 is 5.78 Å². The first kappa shape index (κ1) is 12.9. The largest absolute Gasteiger partial charge is 0.316 e. The molecule has 0 fully saturated rings. The number of ketones is 1. The predicted octanol–water partition coefficient (Wildman–Crippen LogP) is 0.569. The smallest absolute Gasteiger partial charge is 0.312 e. The highest BCUT2D eigenvalue weighted by Gasteiger charge is 2.09. The van der Waals surface area contributed by atoms with Gasteiger partial charge in [-0.15, -0.1) is 0 Å². The van der Waals surface area contributed by atoms with Crippen LogP contribution in [-0.4, -0.2) is 14.9 Å². The molecule has 2 rings (SSSR count). The van der Waals surface area contributed by atoms with E-state index in [0.29, 0.717) is 0 Å². The number of nitrogens with zero attached hydrogens (tertiary/aromatic N) is 2. The second-order valence-electron chi connectivity index (χ2n) is 4.08. The van der Waals surface area contributed by atoms with E-state index in [1.807, 2.05) is 0 Å². The molecule has 98 valence electrons. The Morgan fingerprint density at radius 1 is 1.11 bits per heavy atom. The molecule has 0 saturated heterocycles. The summed E-state index contributed by atoms with van der Waals surface area (Å²) in [5.74, 6) is -0.808. The maximum absolute atomic E-state index is 12.7. The van der Waals surface area contributed by atoms with E-state index >= 15 is 0 Å². The zero-order chi connectivity index (χ0) is 14.0. The van der Waals surface area contributed by atoms with E-state index in [4.69, 9.17) is 0 Å². The fraction of sp³-hybridized carbons (Fsp3) is 0.154. The minimum Gasteiger partial charge on any atom is -0.312 e. The Labute approximate surface area is 107 Å². The zero-order valence-electron chi connectivity index (χ0n) is 10.2. The number of hydrogen-bond donors (Lipinski definition) is 0. The second kappa shape index (κ2) is 5.01. The van der Waals surface area contributed by atoms with Crippen molar-refractivity contribution < 1.29 is 9.18 Å². The fourth-order valence-corrected chi connectivity index (χ4v) is 1.60. The van der Waals surface area contributed by atoms with Gasteiger partial charge in [0, 0.05) is 25.0 Å². The van der Waals surface area contributed by atoms with E-state index in [-0.39, 0.29) is 17.9 Å². The van der Waals surface area contributed by atoms with Crippen LogP contribution in [0.4, 0.5) is 4.39 Å². The molecular formula is C13H11FN2O3. The molecule has 0 aliphatic carbocycles. The number of rotatable bonds is 3. The summed E-state index contributed by atoms with van der Waals surface area (Å²) in [6.45, 7) is -0.249. The van der Waals surface area contributed by atoms with Gasteiger partial charge in [-0.2, -0.15) is 0 Å². The first-order chi connectivity index (χ1) is 8.99. The molecule has 1 aromatic heterocycles. The van der Waals surface area contributed by atoms with E-state index in [2.05, 4.69) is 0 Å². The van der Waals surface area contributed by atoms with Gasteiger partial charge in [-0.25, -0.2) is 4.39 Å². The maximum atomic E-state index is 12.7. The summed E-state index contributed by atoms with van der Waals surface area (Å²) < 4.78 is 14.9. The van der Waals surface area contributed by atoms with Gasteiger partial charge in [0.1, 0.15) is 5.82 Å². The van der Waals surface area contributed by atoms with Crippen molar-refractivity contribution in [2.75, 3.05) is 0 Å². The Kier molecular flexibility index (Phi) is 3.41. The predicted molar refractivity (Wildman–Crippen MR) is 66.7 cm³/mol. The number of aromatic nitrogens is 2. The van der Waals surface area contributed by atoms with Gasteiger partial charge in [0.2, 0.25) is 0 Å². The van der Waals surface area contributed by atoms with Crippen LogP contribution in [0.25, 0.3) is 0 Å². The minimum absolute atomic E-state index is 0.249. The third kappa shape index (κ3) is 2.67. The molecule has 5 nitrogen and oxygen atoms in total. The average molecular weight is 262 g/mol. The van der Waals surface area contributed by atoms with E-state index in [1.165, 1.54) is 43.7 Å². The first-order valence-electron chi connectivity index (χ1n) is 5.54. The molecule has 0 aliphatic heterocycles. The second-order valence-corrected chi connectivity index (χ2v) is 4.08. The Bertz CT molecular complexity index is 729. The van der Waals surface area contributed by atoms with Crippen LogP contribution in [0.2, 0.25) is 0 Å². The van der Waals surface area contributed by atoms with Crippen molar-refractivity contribution in [1.82, 2.24) is 9.13 Å². The van der Waals surface area contributed by atoms with Crippen molar-refractivity contribution in [2.24, 2.45) is 7.05 Å². The molecule has 2 aromatic rings. The summed E-state index contributed by atoms with van der Waals surface area (Å²) in [5, 5.41) is 0. The van der Waals surface area contributed by atoms with E-state index in [0.717, 1.165) is 9.13 Å². The van der Waals surface area contributed by atoms with Gasteiger partial charge in [-0.3, -0.25) is 14.4 Å². The maximum Gasteiger partial charge on any atom is 0.316 e. The van der Waals surface area contributed by atoms with Gasteiger partial charge >= 0.3 is 11.1 Å². The summed E-state index contributed by atoms with van der Waals surface area (Å²) in [6.07, 6.45) is 2.77. The highest BCUT2D eigenvalue weighted by molar-refractivity contribution is 5.95. The lowest BCUT2D eigenvalue weighted by Crippen LogP contribution is -2.40. The van der Waals surface area contributed by atoms with Crippen LogP contribution < -0.4 is 11.1 Å². The van der Waals surface area contributed by atoms with Crippen LogP contribution in [-0.2, 0) is 13.6 Å². The number of carbonyl (C=O) groups is 1. The quantitative estimate of drug-likeness (QED) is 0.600. The SMILES string of the molecule is Cn1ccn(CC(=O)c2ccc(F)cc2)c(=O)c1=O. The van der Waals surface area contributed by atoms with E-state index in [1.54, 1.807) is 0 Å². The van der Waals surface area contributed by atoms with E-state index in [9.17, 15) is 18.8 Å². The molecule has 0 saturated carbocycles. The molecule has 19 heavy (non-hydrogen) atoms. The van der Waals surface area contributed by atoms with Gasteiger partial charge in [0.05, 0.1) is 6.54 Å². The number of aryl methyl sites for hydroxylation is 1. The summed E-state index contributed by atoms with van der Waals surface area (Å²) in [7, 11) is 1.45. The summed E-state index contributed by atoms with van der Waals surface area (Å²) in [4.78, 5) is 34.9. The van der Waals surface area contributed by atoms with E-state index < -0.39 is 16.9 Å². The fourth-order valence-electron chi connectivity index (χ4n) is 1.60. The van der Waals surface area contributed by atoms with Gasteiger partial charge in [-0.1, -0.05) is 0 Å². The first-order valence-corrected chi connectivity index (χ1v) is 5.54. The zero-order valence-corrected chi connectivity index (χ0v) is 10.2. The number of carbonyl (C=O) groups excluding carboxylic acids is 1. The Balaban J connectivity index is 2.29. The van der Waals surface area contributed by atoms with Gasteiger partial charge in [0.25, 0.3) is 0 Å². The van der Waals surface area contributed by atoms with Gasteiger partial charge in [0.15, 0.2) is 5.78 Å². The Morgan fingerprint density at radius 3 is 2.37 bits per heavy atom. The molecule has 1 heterocycles. The van der Waals surface area contributed by atoms with Crippen molar-refractivity contribution in [1.29, 1.82) is 0 Å².